The average molecular weight is 635 g/mol. The third-order valence-corrected chi connectivity index (χ3v) is 14.8. The number of hydrogen-bond acceptors (Lipinski definition) is 6. The van der Waals surface area contributed by atoms with Crippen molar-refractivity contribution in [3.63, 3.8) is 0 Å². The van der Waals surface area contributed by atoms with Crippen LogP contribution in [0.3, 0.4) is 0 Å². The zero-order chi connectivity index (χ0) is 33.7. The summed E-state index contributed by atoms with van der Waals surface area (Å²) in [6.45, 7) is 17.6. The highest BCUT2D eigenvalue weighted by atomic mass is 16.8. The van der Waals surface area contributed by atoms with Gasteiger partial charge in [0.2, 0.25) is 5.91 Å². The van der Waals surface area contributed by atoms with Crippen molar-refractivity contribution in [2.45, 2.75) is 119 Å². The minimum absolute atomic E-state index is 0.0307. The lowest BCUT2D eigenvalue weighted by atomic mass is 9.33. The topological polar surface area (TPSA) is 120 Å². The molecule has 1 amide bonds. The van der Waals surface area contributed by atoms with Crippen molar-refractivity contribution in [2.24, 2.45) is 50.2 Å². The van der Waals surface area contributed by atoms with Crippen LogP contribution in [-0.4, -0.2) is 29.0 Å². The fourth-order valence-corrected chi connectivity index (χ4v) is 11.8. The van der Waals surface area contributed by atoms with Crippen molar-refractivity contribution >= 4 is 29.0 Å². The largest absolute Gasteiger partial charge is 0.595 e. The van der Waals surface area contributed by atoms with E-state index in [1.807, 2.05) is 6.08 Å². The van der Waals surface area contributed by atoms with E-state index in [4.69, 9.17) is 4.74 Å². The summed E-state index contributed by atoms with van der Waals surface area (Å²) in [4.78, 5) is 40.6. The Balaban J connectivity index is 1.32. The Kier molecular flexibility index (Phi) is 7.78. The van der Waals surface area contributed by atoms with Gasteiger partial charge in [0.25, 0.3) is 0 Å². The number of anilines is 1. The molecular formula is C38H54N2O6. The van der Waals surface area contributed by atoms with E-state index in [2.05, 4.69) is 53.8 Å². The second-order valence-corrected chi connectivity index (χ2v) is 17.5. The van der Waals surface area contributed by atoms with Gasteiger partial charge in [-0.1, -0.05) is 54.0 Å². The Morgan fingerprint density at radius 3 is 2.22 bits per heavy atom. The number of allylic oxidation sites excluding steroid dienone is 2. The zero-order valence-electron chi connectivity index (χ0n) is 29.0. The van der Waals surface area contributed by atoms with E-state index in [1.165, 1.54) is 24.6 Å². The Bertz CT molecular complexity index is 1470. The molecule has 5 aliphatic rings. The Labute approximate surface area is 274 Å². The van der Waals surface area contributed by atoms with Gasteiger partial charge in [0.1, 0.15) is 6.10 Å². The standard InChI is InChI=1S/C38H54N2O6/c1-23(41)46-30-14-15-36(6)29(33(30,2)3)13-16-38(8)31(36)28(42)21-26-27-22-35(5,18-17-34(27,4)19-20-37(26,38)7)32(43)39-24-9-11-25(12-10-24)40(44)45/h9-12,21,27,29-31,40,44H,13-20,22H2,1-8H3,(H,39,43)/t27-,29-,30+,31-,34-,35+,36-,37+,38-/m1/s1. The number of carbonyl (C=O) groups excluding carboxylic acids is 3. The number of quaternary nitrogens is 1. The van der Waals surface area contributed by atoms with Gasteiger partial charge in [-0.15, -0.1) is 0 Å². The number of fused-ring (bicyclic) bond motifs is 7. The van der Waals surface area contributed by atoms with Crippen molar-refractivity contribution < 1.29 is 29.6 Å². The van der Waals surface area contributed by atoms with Crippen LogP contribution in [0.15, 0.2) is 35.9 Å². The third-order valence-electron chi connectivity index (χ3n) is 14.8. The van der Waals surface area contributed by atoms with Crippen LogP contribution in [0.2, 0.25) is 0 Å². The number of ether oxygens (including phenoxy) is 1. The number of rotatable bonds is 4. The van der Waals surface area contributed by atoms with Crippen LogP contribution in [-0.2, 0) is 19.1 Å². The first-order valence-corrected chi connectivity index (χ1v) is 17.4. The second-order valence-electron chi connectivity index (χ2n) is 17.5. The van der Waals surface area contributed by atoms with Crippen molar-refractivity contribution in [3.05, 3.63) is 41.1 Å². The molecule has 10 atom stereocenters. The van der Waals surface area contributed by atoms with Gasteiger partial charge in [-0.2, -0.15) is 5.23 Å². The van der Waals surface area contributed by atoms with Gasteiger partial charge in [-0.05, 0) is 109 Å². The van der Waals surface area contributed by atoms with Crippen molar-refractivity contribution in [1.82, 2.24) is 0 Å². The molecule has 0 aromatic heterocycles. The highest BCUT2D eigenvalue weighted by Gasteiger charge is 2.70. The fraction of sp³-hybridized carbons (Fsp3) is 0.711. The van der Waals surface area contributed by atoms with Gasteiger partial charge < -0.3 is 15.3 Å². The van der Waals surface area contributed by atoms with Gasteiger partial charge in [-0.3, -0.25) is 14.4 Å². The van der Waals surface area contributed by atoms with Crippen molar-refractivity contribution in [2.75, 3.05) is 5.32 Å². The molecule has 8 heteroatoms. The van der Waals surface area contributed by atoms with Crippen LogP contribution >= 0.6 is 0 Å². The quantitative estimate of drug-likeness (QED) is 0.244. The number of hydrogen-bond donors (Lipinski definition) is 3. The molecule has 1 aromatic rings. The maximum Gasteiger partial charge on any atom is 0.302 e. The molecule has 0 bridgehead atoms. The lowest BCUT2D eigenvalue weighted by Crippen LogP contribution is -2.99. The van der Waals surface area contributed by atoms with Crippen molar-refractivity contribution in [3.8, 4) is 0 Å². The molecule has 0 radical (unpaired) electrons. The first kappa shape index (κ1) is 33.4. The summed E-state index contributed by atoms with van der Waals surface area (Å²) < 4.78 is 5.86. The van der Waals surface area contributed by atoms with Crippen LogP contribution in [0.1, 0.15) is 113 Å². The number of nitrogens with one attached hydrogen (secondary N) is 2. The summed E-state index contributed by atoms with van der Waals surface area (Å²) in [7, 11) is 0. The van der Waals surface area contributed by atoms with Gasteiger partial charge in [0.15, 0.2) is 11.5 Å². The van der Waals surface area contributed by atoms with E-state index in [9.17, 15) is 24.8 Å². The van der Waals surface area contributed by atoms with E-state index in [1.54, 1.807) is 12.1 Å². The number of ketones is 1. The van der Waals surface area contributed by atoms with Gasteiger partial charge in [0.05, 0.1) is 0 Å². The molecule has 5 aliphatic carbocycles. The van der Waals surface area contributed by atoms with Crippen molar-refractivity contribution in [1.29, 1.82) is 0 Å². The Morgan fingerprint density at radius 1 is 0.935 bits per heavy atom. The van der Waals surface area contributed by atoms with E-state index < -0.39 is 10.6 Å². The first-order chi connectivity index (χ1) is 21.3. The normalized spacial score (nSPS) is 43.5. The first-order valence-electron chi connectivity index (χ1n) is 17.4. The Morgan fingerprint density at radius 2 is 1.59 bits per heavy atom. The highest BCUT2D eigenvalue weighted by Crippen LogP contribution is 2.75. The fourth-order valence-electron chi connectivity index (χ4n) is 11.8. The number of carbonyl (C=O) groups is 3. The molecule has 46 heavy (non-hydrogen) atoms. The summed E-state index contributed by atoms with van der Waals surface area (Å²) >= 11 is 0. The van der Waals surface area contributed by atoms with Gasteiger partial charge in [0, 0.05) is 41.5 Å². The predicted molar refractivity (Wildman–Crippen MR) is 176 cm³/mol. The third kappa shape index (κ3) is 4.75. The lowest BCUT2D eigenvalue weighted by molar-refractivity contribution is -0.991. The summed E-state index contributed by atoms with van der Waals surface area (Å²) in [5.74, 6) is 0.291. The van der Waals surface area contributed by atoms with Crippen LogP contribution in [0.4, 0.5) is 11.4 Å². The van der Waals surface area contributed by atoms with E-state index in [0.29, 0.717) is 12.1 Å². The maximum atomic E-state index is 14.7. The molecular weight excluding hydrogens is 580 g/mol. The van der Waals surface area contributed by atoms with E-state index in [-0.39, 0.29) is 74.3 Å². The summed E-state index contributed by atoms with van der Waals surface area (Å²) in [6, 6.07) is 6.33. The molecule has 0 saturated heterocycles. The molecule has 0 heterocycles. The number of esters is 1. The second kappa shape index (κ2) is 10.7. The maximum absolute atomic E-state index is 14.7. The lowest BCUT2D eigenvalue weighted by Gasteiger charge is -2.70. The van der Waals surface area contributed by atoms with E-state index >= 15 is 0 Å². The molecule has 0 aliphatic heterocycles. The zero-order valence-corrected chi connectivity index (χ0v) is 29.0. The van der Waals surface area contributed by atoms with Crippen LogP contribution in [0, 0.1) is 55.5 Å². The van der Waals surface area contributed by atoms with Crippen LogP contribution in [0.5, 0.6) is 0 Å². The number of amides is 1. The monoisotopic (exact) mass is 634 g/mol. The van der Waals surface area contributed by atoms with Gasteiger partial charge in [-0.25, -0.2) is 5.21 Å². The van der Waals surface area contributed by atoms with Crippen LogP contribution < -0.4 is 10.5 Å². The highest BCUT2D eigenvalue weighted by molar-refractivity contribution is 5.97. The number of benzene rings is 1. The van der Waals surface area contributed by atoms with E-state index in [0.717, 1.165) is 51.4 Å². The molecule has 6 rings (SSSR count). The summed E-state index contributed by atoms with van der Waals surface area (Å²) in [5.41, 5.74) is 0.705. The predicted octanol–water partition coefficient (Wildman–Crippen LogP) is 6.94. The Hall–Kier alpha value is -2.55. The molecule has 252 valence electrons. The SMILES string of the molecule is CC(=O)O[C@H]1CC[C@]2(C)[C@H](CC[C@]3(C)[C@@H]2C(=O)C=C2[C@H]4C[C@@](C)(C(=O)Nc5ccc([NH+]([O-])O)cc5)CC[C@]4(C)CC[C@@]23C)C1(C)C. The summed E-state index contributed by atoms with van der Waals surface area (Å²) in [6.07, 6.45) is 10.0. The molecule has 1 unspecified atom stereocenters. The molecule has 0 spiro atoms. The molecule has 3 N–H and O–H groups in total. The molecule has 1 aromatic carbocycles. The minimum Gasteiger partial charge on any atom is -0.595 e. The minimum atomic E-state index is -0.996. The summed E-state index contributed by atoms with van der Waals surface area (Å²) in [5, 5.41) is 22.6. The molecule has 8 nitrogen and oxygen atoms in total. The molecule has 4 saturated carbocycles. The average Bonchev–Trinajstić information content (AvgIpc) is 2.96. The van der Waals surface area contributed by atoms with Crippen LogP contribution in [0.25, 0.3) is 0 Å². The smallest absolute Gasteiger partial charge is 0.302 e. The molecule has 4 fully saturated rings. The van der Waals surface area contributed by atoms with Gasteiger partial charge >= 0.3 is 5.97 Å².